The van der Waals surface area contributed by atoms with Crippen LogP contribution in [0.4, 0.5) is 0 Å². The summed E-state index contributed by atoms with van der Waals surface area (Å²) in [6, 6.07) is 8.45. The third-order valence-electron chi connectivity index (χ3n) is 4.41. The quantitative estimate of drug-likeness (QED) is 0.708. The largest absolute Gasteiger partial charge is 0.463 e. The fourth-order valence-electron chi connectivity index (χ4n) is 3.26. The molecule has 0 unspecified atom stereocenters. The van der Waals surface area contributed by atoms with Crippen molar-refractivity contribution >= 4 is 29.1 Å². The molecule has 0 bridgehead atoms. The van der Waals surface area contributed by atoms with Crippen molar-refractivity contribution in [2.24, 2.45) is 0 Å². The minimum Gasteiger partial charge on any atom is -0.463 e. The number of aromatic nitrogens is 2. The van der Waals surface area contributed by atoms with E-state index in [1.165, 1.54) is 0 Å². The van der Waals surface area contributed by atoms with Gasteiger partial charge in [-0.1, -0.05) is 29.3 Å². The van der Waals surface area contributed by atoms with Gasteiger partial charge >= 0.3 is 0 Å². The summed E-state index contributed by atoms with van der Waals surface area (Å²) in [5.74, 6) is 0.428. The molecule has 1 aliphatic rings. The molecule has 3 heterocycles. The number of furan rings is 1. The molecule has 8 heteroatoms. The number of methoxy groups -OCH3 is 1. The van der Waals surface area contributed by atoms with Gasteiger partial charge in [0.05, 0.1) is 18.9 Å². The Balaban J connectivity index is 1.89. The molecule has 1 aromatic carbocycles. The number of H-pyrrole nitrogens is 1. The van der Waals surface area contributed by atoms with E-state index in [1.54, 1.807) is 36.5 Å². The van der Waals surface area contributed by atoms with E-state index in [2.05, 4.69) is 10.2 Å². The number of nitrogens with zero attached hydrogens (tertiary/aromatic N) is 2. The monoisotopic (exact) mass is 391 g/mol. The van der Waals surface area contributed by atoms with Crippen molar-refractivity contribution < 1.29 is 13.9 Å². The second-order valence-electron chi connectivity index (χ2n) is 5.90. The summed E-state index contributed by atoms with van der Waals surface area (Å²) >= 11 is 12.5. The van der Waals surface area contributed by atoms with E-state index in [-0.39, 0.29) is 5.91 Å². The maximum atomic E-state index is 12.9. The molecule has 1 atom stereocenters. The molecule has 2 aromatic heterocycles. The van der Waals surface area contributed by atoms with Crippen molar-refractivity contribution in [2.45, 2.75) is 6.04 Å². The average Bonchev–Trinajstić information content (AvgIpc) is 3.32. The summed E-state index contributed by atoms with van der Waals surface area (Å²) in [5, 5.41) is 8.17. The van der Waals surface area contributed by atoms with E-state index in [0.717, 1.165) is 11.1 Å². The van der Waals surface area contributed by atoms with E-state index in [9.17, 15) is 4.79 Å². The first-order valence-electron chi connectivity index (χ1n) is 7.98. The third kappa shape index (κ3) is 2.70. The maximum absolute atomic E-state index is 12.9. The van der Waals surface area contributed by atoms with Crippen LogP contribution in [0.2, 0.25) is 10.0 Å². The van der Waals surface area contributed by atoms with Crippen molar-refractivity contribution in [3.05, 3.63) is 63.5 Å². The fraction of sp³-hybridized carbons (Fsp3) is 0.222. The number of carbonyl (C=O) groups excluding carboxylic acids is 1. The Labute approximate surface area is 159 Å². The number of hydrogen-bond acceptors (Lipinski definition) is 4. The summed E-state index contributed by atoms with van der Waals surface area (Å²) in [7, 11) is 1.60. The highest BCUT2D eigenvalue weighted by Crippen LogP contribution is 2.44. The number of aromatic amines is 1. The fourth-order valence-corrected chi connectivity index (χ4v) is 3.78. The Bertz CT molecular complexity index is 953. The van der Waals surface area contributed by atoms with Crippen LogP contribution >= 0.6 is 23.2 Å². The molecule has 4 rings (SSSR count). The lowest BCUT2D eigenvalue weighted by Crippen LogP contribution is -2.32. The van der Waals surface area contributed by atoms with Crippen LogP contribution in [0.1, 0.15) is 27.7 Å². The lowest BCUT2D eigenvalue weighted by Gasteiger charge is -2.26. The number of nitrogens with one attached hydrogen (secondary N) is 1. The minimum absolute atomic E-state index is 0.179. The molecule has 0 fully saturated rings. The molecular weight excluding hydrogens is 377 g/mol. The SMILES string of the molecule is COCCN1C(=O)c2n[nH]c(-c3ccco3)c2[C@@H]1c1ccc(Cl)cc1Cl. The van der Waals surface area contributed by atoms with Gasteiger partial charge < -0.3 is 14.1 Å². The van der Waals surface area contributed by atoms with Crippen LogP contribution in [0.3, 0.4) is 0 Å². The van der Waals surface area contributed by atoms with Crippen LogP contribution in [0.5, 0.6) is 0 Å². The molecule has 134 valence electrons. The topological polar surface area (TPSA) is 71.4 Å². The van der Waals surface area contributed by atoms with Gasteiger partial charge in [0, 0.05) is 29.3 Å². The minimum atomic E-state index is -0.406. The average molecular weight is 392 g/mol. The van der Waals surface area contributed by atoms with Gasteiger partial charge in [-0.25, -0.2) is 0 Å². The van der Waals surface area contributed by atoms with Gasteiger partial charge in [0.15, 0.2) is 11.5 Å². The number of ether oxygens (including phenoxy) is 1. The first-order chi connectivity index (χ1) is 12.6. The molecule has 0 saturated heterocycles. The Kier molecular flexibility index (Phi) is 4.48. The van der Waals surface area contributed by atoms with Crippen LogP contribution in [-0.4, -0.2) is 41.3 Å². The molecule has 1 amide bonds. The van der Waals surface area contributed by atoms with E-state index in [0.29, 0.717) is 40.3 Å². The van der Waals surface area contributed by atoms with Gasteiger partial charge in [0.1, 0.15) is 5.69 Å². The Hall–Kier alpha value is -2.28. The van der Waals surface area contributed by atoms with Gasteiger partial charge in [-0.15, -0.1) is 0 Å². The van der Waals surface area contributed by atoms with Crippen molar-refractivity contribution in [2.75, 3.05) is 20.3 Å². The van der Waals surface area contributed by atoms with Crippen LogP contribution in [0, 0.1) is 0 Å². The number of rotatable bonds is 5. The summed E-state index contributed by atoms with van der Waals surface area (Å²) in [6.45, 7) is 0.810. The Morgan fingerprint density at radius 1 is 1.35 bits per heavy atom. The Morgan fingerprint density at radius 2 is 2.19 bits per heavy atom. The van der Waals surface area contributed by atoms with Crippen molar-refractivity contribution in [1.29, 1.82) is 0 Å². The molecule has 1 aliphatic heterocycles. The number of benzene rings is 1. The smallest absolute Gasteiger partial charge is 0.275 e. The molecule has 0 aliphatic carbocycles. The molecule has 1 N–H and O–H groups in total. The van der Waals surface area contributed by atoms with Crippen LogP contribution in [0.15, 0.2) is 41.0 Å². The van der Waals surface area contributed by atoms with Crippen molar-refractivity contribution in [3.8, 4) is 11.5 Å². The molecule has 3 aromatic rings. The van der Waals surface area contributed by atoms with E-state index < -0.39 is 6.04 Å². The highest BCUT2D eigenvalue weighted by Gasteiger charge is 2.43. The summed E-state index contributed by atoms with van der Waals surface area (Å²) < 4.78 is 10.7. The zero-order chi connectivity index (χ0) is 18.3. The molecule has 26 heavy (non-hydrogen) atoms. The normalized spacial score (nSPS) is 16.3. The summed E-state index contributed by atoms with van der Waals surface area (Å²) in [4.78, 5) is 14.6. The van der Waals surface area contributed by atoms with E-state index in [1.807, 2.05) is 12.1 Å². The third-order valence-corrected chi connectivity index (χ3v) is 4.98. The zero-order valence-electron chi connectivity index (χ0n) is 13.8. The number of fused-ring (bicyclic) bond motifs is 1. The lowest BCUT2D eigenvalue weighted by atomic mass is 9.98. The van der Waals surface area contributed by atoms with Crippen molar-refractivity contribution in [3.63, 3.8) is 0 Å². The van der Waals surface area contributed by atoms with Crippen LogP contribution in [0.25, 0.3) is 11.5 Å². The second-order valence-corrected chi connectivity index (χ2v) is 6.74. The second kappa shape index (κ2) is 6.79. The van der Waals surface area contributed by atoms with Crippen LogP contribution in [-0.2, 0) is 4.74 Å². The number of carbonyl (C=O) groups is 1. The molecule has 0 saturated carbocycles. The maximum Gasteiger partial charge on any atom is 0.275 e. The van der Waals surface area contributed by atoms with Gasteiger partial charge in [-0.3, -0.25) is 9.89 Å². The van der Waals surface area contributed by atoms with Crippen molar-refractivity contribution in [1.82, 2.24) is 15.1 Å². The van der Waals surface area contributed by atoms with Gasteiger partial charge in [0.25, 0.3) is 5.91 Å². The first kappa shape index (κ1) is 17.1. The highest BCUT2D eigenvalue weighted by molar-refractivity contribution is 6.35. The van der Waals surface area contributed by atoms with Gasteiger partial charge in [-0.05, 0) is 29.8 Å². The standard InChI is InChI=1S/C18H15Cl2N3O3/c1-25-8-6-23-17(11-5-4-10(19)9-12(11)20)14-15(13-3-2-7-26-13)21-22-16(14)18(23)24/h2-5,7,9,17H,6,8H2,1H3,(H,21,22)/t17-/m0/s1. The summed E-state index contributed by atoms with van der Waals surface area (Å²) in [5.41, 5.74) is 2.54. The summed E-state index contributed by atoms with van der Waals surface area (Å²) in [6.07, 6.45) is 1.58. The molecule has 0 spiro atoms. The number of hydrogen-bond donors (Lipinski definition) is 1. The first-order valence-corrected chi connectivity index (χ1v) is 8.74. The lowest BCUT2D eigenvalue weighted by molar-refractivity contribution is 0.0677. The Morgan fingerprint density at radius 3 is 2.88 bits per heavy atom. The number of amides is 1. The van der Waals surface area contributed by atoms with Gasteiger partial charge in [0.2, 0.25) is 0 Å². The predicted octanol–water partition coefficient (Wildman–Crippen LogP) is 4.17. The van der Waals surface area contributed by atoms with E-state index in [4.69, 9.17) is 32.4 Å². The highest BCUT2D eigenvalue weighted by atomic mass is 35.5. The molecular formula is C18H15Cl2N3O3. The zero-order valence-corrected chi connectivity index (χ0v) is 15.3. The predicted molar refractivity (Wildman–Crippen MR) is 97.5 cm³/mol. The van der Waals surface area contributed by atoms with Crippen LogP contribution < -0.4 is 0 Å². The molecule has 0 radical (unpaired) electrons. The van der Waals surface area contributed by atoms with E-state index >= 15 is 0 Å². The van der Waals surface area contributed by atoms with Gasteiger partial charge in [-0.2, -0.15) is 5.10 Å². The molecule has 6 nitrogen and oxygen atoms in total. The number of halogens is 2.